The Morgan fingerprint density at radius 1 is 1.26 bits per heavy atom. The molecule has 1 atom stereocenters. The van der Waals surface area contributed by atoms with Gasteiger partial charge >= 0.3 is 0 Å². The minimum Gasteiger partial charge on any atom is -0.762 e. The predicted molar refractivity (Wildman–Crippen MR) is 71.1 cm³/mol. The largest absolute Gasteiger partial charge is 0.762 e. The van der Waals surface area contributed by atoms with Crippen LogP contribution in [0.5, 0.6) is 0 Å². The molecule has 0 aromatic rings. The van der Waals surface area contributed by atoms with E-state index in [1.807, 2.05) is 0 Å². The summed E-state index contributed by atoms with van der Waals surface area (Å²) in [6.45, 7) is 1.35. The van der Waals surface area contributed by atoms with Crippen LogP contribution >= 0.6 is 0 Å². The van der Waals surface area contributed by atoms with Crippen LogP contribution in [0.15, 0.2) is 0 Å². The molecule has 3 N–H and O–H groups in total. The quantitative estimate of drug-likeness (QED) is 0.742. The average Bonchev–Trinajstić information content (AvgIpc) is 2.41. The summed E-state index contributed by atoms with van der Waals surface area (Å²) in [6, 6.07) is -0.332. The predicted octanol–water partition coefficient (Wildman–Crippen LogP) is 1.07. The van der Waals surface area contributed by atoms with E-state index >= 15 is 0 Å². The fraction of sp³-hybridized carbons (Fsp3) is 0.923. The lowest BCUT2D eigenvalue weighted by atomic mass is 9.83. The van der Waals surface area contributed by atoms with Crippen LogP contribution in [0.2, 0.25) is 0 Å². The highest BCUT2D eigenvalue weighted by Crippen LogP contribution is 2.28. The maximum absolute atomic E-state index is 12.2. The summed E-state index contributed by atoms with van der Waals surface area (Å²) < 4.78 is 0. The minimum absolute atomic E-state index is 0.0172. The summed E-state index contributed by atoms with van der Waals surface area (Å²) in [5.74, 6) is 0.275. The number of hydrogen-bond donors (Lipinski definition) is 2. The van der Waals surface area contributed by atoms with Crippen LogP contribution < -0.4 is 5.73 Å². The second-order valence-corrected chi connectivity index (χ2v) is 5.81. The third-order valence-corrected chi connectivity index (χ3v) is 4.49. The highest BCUT2D eigenvalue weighted by molar-refractivity contribution is 5.83. The fourth-order valence-electron chi connectivity index (χ4n) is 3.16. The normalized spacial score (nSPS) is 33.6. The monoisotopic (exact) mass is 270 g/mol. The average molecular weight is 270 g/mol. The molecule has 110 valence electrons. The number of ketones is 1. The van der Waals surface area contributed by atoms with E-state index in [0.29, 0.717) is 32.2 Å². The van der Waals surface area contributed by atoms with Gasteiger partial charge in [-0.1, -0.05) is 0 Å². The first-order chi connectivity index (χ1) is 9.08. The lowest BCUT2D eigenvalue weighted by molar-refractivity contribution is -0.129. The van der Waals surface area contributed by atoms with Crippen molar-refractivity contribution in [2.24, 2.45) is 11.7 Å². The van der Waals surface area contributed by atoms with Gasteiger partial charge in [0.1, 0.15) is 5.78 Å². The van der Waals surface area contributed by atoms with E-state index in [1.165, 1.54) is 0 Å². The fourth-order valence-corrected chi connectivity index (χ4v) is 3.16. The molecule has 1 unspecified atom stereocenters. The molecule has 6 heteroatoms. The van der Waals surface area contributed by atoms with Crippen molar-refractivity contribution >= 4 is 5.78 Å². The number of piperidine rings is 1. The van der Waals surface area contributed by atoms with E-state index in [-0.39, 0.29) is 29.1 Å². The van der Waals surface area contributed by atoms with E-state index in [1.54, 1.807) is 0 Å². The second-order valence-electron chi connectivity index (χ2n) is 5.81. The summed E-state index contributed by atoms with van der Waals surface area (Å²) >= 11 is 0. The molecule has 19 heavy (non-hydrogen) atoms. The van der Waals surface area contributed by atoms with Crippen molar-refractivity contribution in [2.75, 3.05) is 13.1 Å². The maximum atomic E-state index is 12.2. The van der Waals surface area contributed by atoms with E-state index in [4.69, 9.17) is 10.9 Å². The Bertz CT molecular complexity index is 304. The molecular weight excluding hydrogens is 246 g/mol. The first kappa shape index (κ1) is 14.9. The van der Waals surface area contributed by atoms with E-state index in [2.05, 4.69) is 4.90 Å². The molecule has 6 nitrogen and oxygen atoms in total. The van der Waals surface area contributed by atoms with Gasteiger partial charge in [-0.3, -0.25) is 14.9 Å². The second kappa shape index (κ2) is 6.76. The smallest absolute Gasteiger partial charge is 0.149 e. The van der Waals surface area contributed by atoms with Gasteiger partial charge in [-0.2, -0.15) is 0 Å². The summed E-state index contributed by atoms with van der Waals surface area (Å²) in [7, 11) is 0. The molecule has 0 aromatic carbocycles. The van der Waals surface area contributed by atoms with Crippen molar-refractivity contribution < 1.29 is 10.0 Å². The third kappa shape index (κ3) is 3.97. The van der Waals surface area contributed by atoms with Gasteiger partial charge in [-0.05, 0) is 44.9 Å². The molecule has 2 aliphatic rings. The third-order valence-electron chi connectivity index (χ3n) is 4.49. The van der Waals surface area contributed by atoms with Crippen molar-refractivity contribution in [3.8, 4) is 0 Å². The van der Waals surface area contributed by atoms with Gasteiger partial charge in [0.2, 0.25) is 0 Å². The van der Waals surface area contributed by atoms with Crippen molar-refractivity contribution in [1.82, 2.24) is 10.1 Å². The van der Waals surface area contributed by atoms with Crippen molar-refractivity contribution in [3.05, 3.63) is 5.21 Å². The zero-order chi connectivity index (χ0) is 13.8. The molecule has 0 radical (unpaired) electrons. The van der Waals surface area contributed by atoms with Crippen LogP contribution in [-0.4, -0.2) is 46.4 Å². The number of carbonyl (C=O) groups is 1. The zero-order valence-corrected chi connectivity index (χ0v) is 11.3. The maximum Gasteiger partial charge on any atom is 0.149 e. The molecule has 1 saturated carbocycles. The topological polar surface area (TPSA) is 92.9 Å². The molecule has 1 heterocycles. The lowest BCUT2D eigenvalue weighted by Gasteiger charge is -2.37. The van der Waals surface area contributed by atoms with Gasteiger partial charge in [-0.25, -0.2) is 0 Å². The summed E-state index contributed by atoms with van der Waals surface area (Å²) in [4.78, 5) is 14.3. The van der Waals surface area contributed by atoms with Gasteiger partial charge in [0.25, 0.3) is 0 Å². The van der Waals surface area contributed by atoms with Crippen molar-refractivity contribution in [3.63, 3.8) is 0 Å². The summed E-state index contributed by atoms with van der Waals surface area (Å²) in [6.07, 6.45) is 5.85. The number of nitrogens with zero attached hydrogens (tertiary/aromatic N) is 2. The molecule has 0 bridgehead atoms. The molecule has 2 rings (SSSR count). The number of nitrogens with two attached hydrogens (primary N) is 1. The van der Waals surface area contributed by atoms with E-state index < -0.39 is 0 Å². The van der Waals surface area contributed by atoms with Gasteiger partial charge in [0.15, 0.2) is 0 Å². The van der Waals surface area contributed by atoms with Gasteiger partial charge in [-0.15, -0.1) is 0 Å². The highest BCUT2D eigenvalue weighted by Gasteiger charge is 2.29. The Morgan fingerprint density at radius 2 is 1.95 bits per heavy atom. The first-order valence-electron chi connectivity index (χ1n) is 7.25. The Labute approximate surface area is 114 Å². The van der Waals surface area contributed by atoms with Crippen LogP contribution in [0.4, 0.5) is 0 Å². The van der Waals surface area contributed by atoms with Crippen molar-refractivity contribution in [2.45, 2.75) is 57.2 Å². The molecule has 1 aliphatic heterocycles. The number of hydrogen-bond acceptors (Lipinski definition) is 6. The molecule has 2 fully saturated rings. The first-order valence-corrected chi connectivity index (χ1v) is 7.25. The van der Waals surface area contributed by atoms with Crippen LogP contribution in [0, 0.1) is 11.1 Å². The van der Waals surface area contributed by atoms with Crippen LogP contribution in [-0.2, 0) is 4.79 Å². The molecule has 1 saturated heterocycles. The van der Waals surface area contributed by atoms with Crippen LogP contribution in [0.1, 0.15) is 44.9 Å². The molecule has 0 amide bonds. The molecule has 1 aliphatic carbocycles. The standard InChI is InChI=1S/C13H24N3O3/c14-13-3-1-2-8-15(13)9-12(17)10-4-6-11(7-5-10)16(18)19/h10-11,13,18H,1-9,14H2/q-1. The Hall–Kier alpha value is -0.530. The Balaban J connectivity index is 1.78. The van der Waals surface area contributed by atoms with Crippen molar-refractivity contribution in [1.29, 1.82) is 0 Å². The number of Topliss-reactive ketones (excluding diaryl/α,β-unsaturated/α-hetero) is 1. The van der Waals surface area contributed by atoms with Crippen LogP contribution in [0.25, 0.3) is 0 Å². The number of rotatable bonds is 4. The van der Waals surface area contributed by atoms with Gasteiger partial charge in [0, 0.05) is 18.5 Å². The van der Waals surface area contributed by atoms with Crippen LogP contribution in [0.3, 0.4) is 0 Å². The Kier molecular flexibility index (Phi) is 5.29. The lowest BCUT2D eigenvalue weighted by Crippen LogP contribution is -2.48. The SMILES string of the molecule is NC1CCCCN1CC(=O)C1CCC(N([O-])O)CC1. The van der Waals surface area contributed by atoms with Gasteiger partial charge < -0.3 is 16.1 Å². The molecule has 0 aromatic heterocycles. The number of likely N-dealkylation sites (tertiary alicyclic amines) is 1. The van der Waals surface area contributed by atoms with E-state index in [0.717, 1.165) is 25.8 Å². The molecule has 0 spiro atoms. The Morgan fingerprint density at radius 3 is 2.53 bits per heavy atom. The van der Waals surface area contributed by atoms with E-state index in [9.17, 15) is 10.0 Å². The van der Waals surface area contributed by atoms with Gasteiger partial charge in [0.05, 0.1) is 12.7 Å². The minimum atomic E-state index is -0.332. The summed E-state index contributed by atoms with van der Waals surface area (Å²) in [5.41, 5.74) is 6.01. The number of carbonyl (C=O) groups excluding carboxylic acids is 1. The number of hydroxylamine groups is 2. The highest BCUT2D eigenvalue weighted by atomic mass is 16.8. The zero-order valence-electron chi connectivity index (χ0n) is 11.3. The summed E-state index contributed by atoms with van der Waals surface area (Å²) in [5, 5.41) is 19.7. The molecular formula is C13H24N3O3-.